The molecule has 0 bridgehead atoms. The summed E-state index contributed by atoms with van der Waals surface area (Å²) in [7, 11) is 0. The molecule has 3 rings (SSSR count). The van der Waals surface area contributed by atoms with E-state index >= 15 is 0 Å². The number of carbonyl (C=O) groups excluding carboxylic acids is 1. The molecular formula is C15H10BrClN2O2S. The minimum absolute atomic E-state index is 0.193. The van der Waals surface area contributed by atoms with Crippen molar-refractivity contribution in [1.29, 1.82) is 0 Å². The van der Waals surface area contributed by atoms with Gasteiger partial charge in [0, 0.05) is 11.1 Å². The van der Waals surface area contributed by atoms with Crippen LogP contribution in [0.3, 0.4) is 0 Å². The van der Waals surface area contributed by atoms with Crippen molar-refractivity contribution in [2.75, 3.05) is 0 Å². The summed E-state index contributed by atoms with van der Waals surface area (Å²) in [6, 6.07) is 9.01. The molecule has 1 N–H and O–H groups in total. The number of aliphatic imine (C=N–C) groups is 1. The first-order valence-corrected chi connectivity index (χ1v) is 8.31. The predicted octanol–water partition coefficient (Wildman–Crippen LogP) is 4.90. The zero-order valence-electron chi connectivity index (χ0n) is 11.4. The molecule has 2 heterocycles. The summed E-state index contributed by atoms with van der Waals surface area (Å²) in [6.45, 7) is 1.91. The van der Waals surface area contributed by atoms with Crippen LogP contribution in [0.15, 0.2) is 49.3 Å². The Bertz CT molecular complexity index is 814. The largest absolute Gasteiger partial charge is 0.450 e. The van der Waals surface area contributed by atoms with Crippen LogP contribution in [0.5, 0.6) is 0 Å². The first kappa shape index (κ1) is 15.4. The summed E-state index contributed by atoms with van der Waals surface area (Å²) >= 11 is 10.5. The van der Waals surface area contributed by atoms with E-state index < -0.39 is 0 Å². The highest BCUT2D eigenvalue weighted by atomic mass is 79.9. The zero-order chi connectivity index (χ0) is 15.7. The second-order valence-corrected chi connectivity index (χ2v) is 6.78. The maximum atomic E-state index is 12.0. The SMILES string of the molecule is Cc1cc(N=C2NC(=O)C(=Cc3ccc(Br)o3)S2)ccc1Cl. The molecule has 0 spiro atoms. The van der Waals surface area contributed by atoms with Crippen LogP contribution in [0.4, 0.5) is 5.69 Å². The maximum absolute atomic E-state index is 12.0. The number of aryl methyl sites for hydroxylation is 1. The van der Waals surface area contributed by atoms with Gasteiger partial charge in [-0.2, -0.15) is 0 Å². The van der Waals surface area contributed by atoms with E-state index in [1.807, 2.05) is 13.0 Å². The van der Waals surface area contributed by atoms with E-state index in [2.05, 4.69) is 26.2 Å². The summed E-state index contributed by atoms with van der Waals surface area (Å²) in [6.07, 6.45) is 1.68. The standard InChI is InChI=1S/C15H10BrClN2O2S/c1-8-6-9(2-4-11(8)17)18-15-19-14(20)12(22-15)7-10-3-5-13(16)21-10/h2-7H,1H3,(H,18,19,20). The van der Waals surface area contributed by atoms with Gasteiger partial charge >= 0.3 is 0 Å². The smallest absolute Gasteiger partial charge is 0.264 e. The van der Waals surface area contributed by atoms with Gasteiger partial charge in [0.05, 0.1) is 10.6 Å². The Morgan fingerprint density at radius 3 is 2.86 bits per heavy atom. The molecule has 0 saturated carbocycles. The number of benzene rings is 1. The lowest BCUT2D eigenvalue weighted by Gasteiger charge is -2.00. The Morgan fingerprint density at radius 2 is 2.18 bits per heavy atom. The van der Waals surface area contributed by atoms with Crippen LogP contribution in [0.1, 0.15) is 11.3 Å². The van der Waals surface area contributed by atoms with Crippen molar-refractivity contribution >= 4 is 62.1 Å². The van der Waals surface area contributed by atoms with E-state index in [0.29, 0.717) is 25.5 Å². The number of amides is 1. The van der Waals surface area contributed by atoms with Gasteiger partial charge in [-0.05, 0) is 70.5 Å². The van der Waals surface area contributed by atoms with Crippen LogP contribution < -0.4 is 5.32 Å². The molecular weight excluding hydrogens is 388 g/mol. The lowest BCUT2D eigenvalue weighted by atomic mass is 10.2. The molecule has 0 aliphatic carbocycles. The number of halogens is 2. The van der Waals surface area contributed by atoms with Crippen LogP contribution >= 0.6 is 39.3 Å². The molecule has 0 atom stereocenters. The molecule has 0 unspecified atom stereocenters. The molecule has 1 amide bonds. The van der Waals surface area contributed by atoms with Gasteiger partial charge in [0.15, 0.2) is 9.84 Å². The minimum atomic E-state index is -0.193. The van der Waals surface area contributed by atoms with Crippen LogP contribution in [-0.4, -0.2) is 11.1 Å². The van der Waals surface area contributed by atoms with Crippen molar-refractivity contribution < 1.29 is 9.21 Å². The number of nitrogens with zero attached hydrogens (tertiary/aromatic N) is 1. The molecule has 1 aromatic carbocycles. The molecule has 1 aromatic heterocycles. The lowest BCUT2D eigenvalue weighted by molar-refractivity contribution is -0.115. The van der Waals surface area contributed by atoms with Crippen molar-refractivity contribution in [3.8, 4) is 0 Å². The van der Waals surface area contributed by atoms with Crippen molar-refractivity contribution in [3.63, 3.8) is 0 Å². The molecule has 1 aliphatic heterocycles. The number of nitrogens with one attached hydrogen (secondary N) is 1. The van der Waals surface area contributed by atoms with Crippen molar-refractivity contribution in [2.45, 2.75) is 6.92 Å². The molecule has 22 heavy (non-hydrogen) atoms. The van der Waals surface area contributed by atoms with Gasteiger partial charge in [-0.25, -0.2) is 4.99 Å². The highest BCUT2D eigenvalue weighted by Gasteiger charge is 2.24. The molecule has 0 radical (unpaired) electrons. The number of hydrogen-bond donors (Lipinski definition) is 1. The molecule has 1 saturated heterocycles. The van der Waals surface area contributed by atoms with E-state index in [1.165, 1.54) is 11.8 Å². The topological polar surface area (TPSA) is 54.6 Å². The summed E-state index contributed by atoms with van der Waals surface area (Å²) in [4.78, 5) is 16.9. The zero-order valence-corrected chi connectivity index (χ0v) is 14.6. The maximum Gasteiger partial charge on any atom is 0.264 e. The molecule has 2 aromatic rings. The Kier molecular flexibility index (Phi) is 4.42. The third-order valence-corrected chi connectivity index (χ3v) is 4.65. The highest BCUT2D eigenvalue weighted by molar-refractivity contribution is 9.10. The monoisotopic (exact) mass is 396 g/mol. The first-order chi connectivity index (χ1) is 10.5. The van der Waals surface area contributed by atoms with Crippen LogP contribution in [0.2, 0.25) is 5.02 Å². The molecule has 4 nitrogen and oxygen atoms in total. The van der Waals surface area contributed by atoms with Crippen molar-refractivity contribution in [2.24, 2.45) is 4.99 Å². The average Bonchev–Trinajstić information content (AvgIpc) is 3.01. The van der Waals surface area contributed by atoms with Crippen molar-refractivity contribution in [1.82, 2.24) is 5.32 Å². The lowest BCUT2D eigenvalue weighted by Crippen LogP contribution is -2.19. The second kappa shape index (κ2) is 6.32. The highest BCUT2D eigenvalue weighted by Crippen LogP contribution is 2.30. The normalized spacial score (nSPS) is 18.2. The van der Waals surface area contributed by atoms with Gasteiger partial charge in [0.25, 0.3) is 5.91 Å². The first-order valence-electron chi connectivity index (χ1n) is 6.32. The molecule has 112 valence electrons. The average molecular weight is 398 g/mol. The van der Waals surface area contributed by atoms with Gasteiger partial charge < -0.3 is 9.73 Å². The fraction of sp³-hybridized carbons (Fsp3) is 0.0667. The Labute approximate surface area is 144 Å². The quantitative estimate of drug-likeness (QED) is 0.734. The number of furan rings is 1. The summed E-state index contributed by atoms with van der Waals surface area (Å²) in [5, 5.41) is 3.95. The number of amidine groups is 1. The van der Waals surface area contributed by atoms with E-state index in [9.17, 15) is 4.79 Å². The Hall–Kier alpha value is -1.50. The van der Waals surface area contributed by atoms with Crippen LogP contribution in [0.25, 0.3) is 6.08 Å². The molecule has 1 fully saturated rings. The predicted molar refractivity (Wildman–Crippen MR) is 93.4 cm³/mol. The van der Waals surface area contributed by atoms with Gasteiger partial charge in [-0.15, -0.1) is 0 Å². The van der Waals surface area contributed by atoms with Gasteiger partial charge in [-0.1, -0.05) is 11.6 Å². The Morgan fingerprint density at radius 1 is 1.36 bits per heavy atom. The van der Waals surface area contributed by atoms with E-state index in [-0.39, 0.29) is 5.91 Å². The van der Waals surface area contributed by atoms with Gasteiger partial charge in [-0.3, -0.25) is 4.79 Å². The summed E-state index contributed by atoms with van der Waals surface area (Å²) < 4.78 is 5.99. The Balaban J connectivity index is 1.83. The number of carbonyl (C=O) groups is 1. The summed E-state index contributed by atoms with van der Waals surface area (Å²) in [5.41, 5.74) is 1.68. The number of thioether (sulfide) groups is 1. The molecule has 1 aliphatic rings. The third-order valence-electron chi connectivity index (χ3n) is 2.89. The van der Waals surface area contributed by atoms with Crippen LogP contribution in [-0.2, 0) is 4.79 Å². The fourth-order valence-corrected chi connectivity index (χ4v) is 3.09. The number of rotatable bonds is 2. The summed E-state index contributed by atoms with van der Waals surface area (Å²) in [5.74, 6) is 0.412. The fourth-order valence-electron chi connectivity index (χ4n) is 1.83. The van der Waals surface area contributed by atoms with Crippen LogP contribution in [0, 0.1) is 6.92 Å². The minimum Gasteiger partial charge on any atom is -0.450 e. The molecule has 7 heteroatoms. The van der Waals surface area contributed by atoms with E-state index in [4.69, 9.17) is 16.0 Å². The second-order valence-electron chi connectivity index (χ2n) is 4.56. The van der Waals surface area contributed by atoms with E-state index in [1.54, 1.807) is 30.3 Å². The van der Waals surface area contributed by atoms with Gasteiger partial charge in [0.1, 0.15) is 5.76 Å². The third kappa shape index (κ3) is 3.45. The van der Waals surface area contributed by atoms with E-state index in [0.717, 1.165) is 11.3 Å². The van der Waals surface area contributed by atoms with Gasteiger partial charge in [0.2, 0.25) is 0 Å². The number of hydrogen-bond acceptors (Lipinski definition) is 4. The van der Waals surface area contributed by atoms with Crippen molar-refractivity contribution in [3.05, 3.63) is 56.3 Å².